The van der Waals surface area contributed by atoms with Gasteiger partial charge in [0.1, 0.15) is 5.75 Å². The Hall–Kier alpha value is -1.28. The standard InChI is InChI=1S/C15H19NO/c16-14-5-3-12(10-14)2-1-11-4-6-15-13(9-11)7-8-17-15/h4,6,9-10,14H,1-3,5,7-8,16H2. The molecule has 0 amide bonds. The average Bonchev–Trinajstić information content (AvgIpc) is 2.94. The highest BCUT2D eigenvalue weighted by Gasteiger charge is 2.14. The SMILES string of the molecule is NC1C=C(CCc2ccc3c(c2)CCO3)CC1. The van der Waals surface area contributed by atoms with Crippen molar-refractivity contribution in [1.29, 1.82) is 0 Å². The van der Waals surface area contributed by atoms with Crippen molar-refractivity contribution < 1.29 is 4.74 Å². The van der Waals surface area contributed by atoms with Crippen LogP contribution in [0.15, 0.2) is 29.8 Å². The van der Waals surface area contributed by atoms with E-state index in [1.807, 2.05) is 0 Å². The van der Waals surface area contributed by atoms with E-state index in [1.54, 1.807) is 0 Å². The quantitative estimate of drug-likeness (QED) is 0.809. The van der Waals surface area contributed by atoms with Crippen LogP contribution in [0.3, 0.4) is 0 Å². The van der Waals surface area contributed by atoms with Gasteiger partial charge in [-0.25, -0.2) is 0 Å². The van der Waals surface area contributed by atoms with Crippen LogP contribution in [0.2, 0.25) is 0 Å². The van der Waals surface area contributed by atoms with E-state index < -0.39 is 0 Å². The fourth-order valence-electron chi connectivity index (χ4n) is 2.73. The minimum atomic E-state index is 0.304. The van der Waals surface area contributed by atoms with Crippen LogP contribution in [0, 0.1) is 0 Å². The van der Waals surface area contributed by atoms with Crippen LogP contribution in [0.25, 0.3) is 0 Å². The number of ether oxygens (including phenoxy) is 1. The second-order valence-corrected chi connectivity index (χ2v) is 5.07. The Morgan fingerprint density at radius 3 is 3.00 bits per heavy atom. The first kappa shape index (κ1) is 10.8. The van der Waals surface area contributed by atoms with E-state index in [0.717, 1.165) is 38.0 Å². The van der Waals surface area contributed by atoms with E-state index in [9.17, 15) is 0 Å². The minimum Gasteiger partial charge on any atom is -0.493 e. The van der Waals surface area contributed by atoms with Crippen LogP contribution in [-0.2, 0) is 12.8 Å². The molecule has 0 aromatic heterocycles. The molecular weight excluding hydrogens is 210 g/mol. The molecule has 2 heteroatoms. The summed E-state index contributed by atoms with van der Waals surface area (Å²) in [6, 6.07) is 6.92. The third-order valence-electron chi connectivity index (χ3n) is 3.74. The number of allylic oxidation sites excluding steroid dienone is 1. The van der Waals surface area contributed by atoms with Gasteiger partial charge in [0.05, 0.1) is 6.61 Å². The molecule has 0 radical (unpaired) electrons. The second kappa shape index (κ2) is 4.53. The summed E-state index contributed by atoms with van der Waals surface area (Å²) in [5, 5.41) is 0. The first-order valence-corrected chi connectivity index (χ1v) is 6.51. The van der Waals surface area contributed by atoms with Gasteiger partial charge in [-0.3, -0.25) is 0 Å². The molecule has 1 aromatic carbocycles. The zero-order valence-corrected chi connectivity index (χ0v) is 10.1. The van der Waals surface area contributed by atoms with E-state index >= 15 is 0 Å². The van der Waals surface area contributed by atoms with Gasteiger partial charge < -0.3 is 10.5 Å². The van der Waals surface area contributed by atoms with Gasteiger partial charge in [-0.15, -0.1) is 0 Å². The Morgan fingerprint density at radius 2 is 2.18 bits per heavy atom. The van der Waals surface area contributed by atoms with Crippen LogP contribution in [0.5, 0.6) is 5.75 Å². The Bertz CT molecular complexity index is 450. The predicted octanol–water partition coefficient (Wildman–Crippen LogP) is 2.60. The molecule has 1 aliphatic carbocycles. The fraction of sp³-hybridized carbons (Fsp3) is 0.467. The summed E-state index contributed by atoms with van der Waals surface area (Å²) in [6.07, 6.45) is 7.93. The van der Waals surface area contributed by atoms with E-state index in [-0.39, 0.29) is 0 Å². The summed E-state index contributed by atoms with van der Waals surface area (Å²) in [5.41, 5.74) is 10.2. The Morgan fingerprint density at radius 1 is 1.24 bits per heavy atom. The van der Waals surface area contributed by atoms with Gasteiger partial charge in [-0.05, 0) is 42.9 Å². The number of hydrogen-bond acceptors (Lipinski definition) is 2. The summed E-state index contributed by atoms with van der Waals surface area (Å²) in [5.74, 6) is 1.08. The largest absolute Gasteiger partial charge is 0.493 e. The molecular formula is C15H19NO. The lowest BCUT2D eigenvalue weighted by Crippen LogP contribution is -2.11. The highest BCUT2D eigenvalue weighted by molar-refractivity contribution is 5.40. The number of benzene rings is 1. The zero-order chi connectivity index (χ0) is 11.7. The highest BCUT2D eigenvalue weighted by atomic mass is 16.5. The fourth-order valence-corrected chi connectivity index (χ4v) is 2.73. The topological polar surface area (TPSA) is 35.2 Å². The summed E-state index contributed by atoms with van der Waals surface area (Å²) in [7, 11) is 0. The molecule has 0 saturated carbocycles. The van der Waals surface area contributed by atoms with Crippen molar-refractivity contribution in [3.8, 4) is 5.75 Å². The van der Waals surface area contributed by atoms with Crippen molar-refractivity contribution in [3.05, 3.63) is 41.0 Å². The molecule has 2 N–H and O–H groups in total. The third kappa shape index (κ3) is 2.37. The first-order valence-electron chi connectivity index (χ1n) is 6.51. The van der Waals surface area contributed by atoms with Crippen molar-refractivity contribution in [3.63, 3.8) is 0 Å². The van der Waals surface area contributed by atoms with E-state index in [0.29, 0.717) is 6.04 Å². The average molecular weight is 229 g/mol. The zero-order valence-electron chi connectivity index (χ0n) is 10.1. The van der Waals surface area contributed by atoms with Gasteiger partial charge in [-0.2, -0.15) is 0 Å². The normalized spacial score (nSPS) is 22.2. The second-order valence-electron chi connectivity index (χ2n) is 5.07. The minimum absolute atomic E-state index is 0.304. The lowest BCUT2D eigenvalue weighted by Gasteiger charge is -2.05. The van der Waals surface area contributed by atoms with Gasteiger partial charge in [-0.1, -0.05) is 23.8 Å². The molecule has 2 nitrogen and oxygen atoms in total. The maximum atomic E-state index is 5.87. The van der Waals surface area contributed by atoms with Crippen molar-refractivity contribution >= 4 is 0 Å². The van der Waals surface area contributed by atoms with Crippen LogP contribution >= 0.6 is 0 Å². The third-order valence-corrected chi connectivity index (χ3v) is 3.74. The van der Waals surface area contributed by atoms with Gasteiger partial charge in [0.15, 0.2) is 0 Å². The van der Waals surface area contributed by atoms with Crippen LogP contribution < -0.4 is 10.5 Å². The molecule has 1 aliphatic heterocycles. The number of hydrogen-bond donors (Lipinski definition) is 1. The first-order chi connectivity index (χ1) is 8.31. The van der Waals surface area contributed by atoms with Crippen LogP contribution in [0.1, 0.15) is 30.4 Å². The van der Waals surface area contributed by atoms with Crippen molar-refractivity contribution in [2.24, 2.45) is 5.73 Å². The summed E-state index contributed by atoms with van der Waals surface area (Å²) in [6.45, 7) is 0.846. The molecule has 0 fully saturated rings. The lowest BCUT2D eigenvalue weighted by atomic mass is 10.0. The van der Waals surface area contributed by atoms with Gasteiger partial charge in [0, 0.05) is 12.5 Å². The van der Waals surface area contributed by atoms with Crippen molar-refractivity contribution in [1.82, 2.24) is 0 Å². The highest BCUT2D eigenvalue weighted by Crippen LogP contribution is 2.27. The lowest BCUT2D eigenvalue weighted by molar-refractivity contribution is 0.357. The number of rotatable bonds is 3. The molecule has 1 unspecified atom stereocenters. The smallest absolute Gasteiger partial charge is 0.122 e. The van der Waals surface area contributed by atoms with Gasteiger partial charge in [0.25, 0.3) is 0 Å². The number of aryl methyl sites for hydroxylation is 1. The molecule has 0 saturated heterocycles. The maximum Gasteiger partial charge on any atom is 0.122 e. The molecule has 17 heavy (non-hydrogen) atoms. The van der Waals surface area contributed by atoms with Gasteiger partial charge >= 0.3 is 0 Å². The Kier molecular flexibility index (Phi) is 2.89. The van der Waals surface area contributed by atoms with E-state index in [2.05, 4.69) is 24.3 Å². The monoisotopic (exact) mass is 229 g/mol. The Balaban J connectivity index is 1.64. The van der Waals surface area contributed by atoms with Crippen molar-refractivity contribution in [2.45, 2.75) is 38.1 Å². The summed E-state index contributed by atoms with van der Waals surface area (Å²) < 4.78 is 5.52. The Labute approximate surface area is 102 Å². The molecule has 1 aromatic rings. The predicted molar refractivity (Wildman–Crippen MR) is 69.3 cm³/mol. The molecule has 1 heterocycles. The van der Waals surface area contributed by atoms with E-state index in [1.165, 1.54) is 23.1 Å². The van der Waals surface area contributed by atoms with Crippen LogP contribution in [-0.4, -0.2) is 12.6 Å². The molecule has 90 valence electrons. The van der Waals surface area contributed by atoms with Gasteiger partial charge in [0.2, 0.25) is 0 Å². The maximum absolute atomic E-state index is 5.87. The number of nitrogens with two attached hydrogens (primary N) is 1. The molecule has 1 atom stereocenters. The van der Waals surface area contributed by atoms with Crippen molar-refractivity contribution in [2.75, 3.05) is 6.61 Å². The number of fused-ring (bicyclic) bond motifs is 1. The molecule has 0 spiro atoms. The molecule has 0 bridgehead atoms. The van der Waals surface area contributed by atoms with E-state index in [4.69, 9.17) is 10.5 Å². The molecule has 2 aliphatic rings. The summed E-state index contributed by atoms with van der Waals surface area (Å²) >= 11 is 0. The molecule has 3 rings (SSSR count). The summed E-state index contributed by atoms with van der Waals surface area (Å²) in [4.78, 5) is 0. The van der Waals surface area contributed by atoms with Crippen LogP contribution in [0.4, 0.5) is 0 Å².